The SMILES string of the molecule is Cc1cc(C)cc(Oc2coc3cc(OCC(=O)Nc4cccc(C(F)(F)F)c4)ccc3c2=O)c1. The molecule has 9 heteroatoms. The molecular weight excluding hydrogens is 463 g/mol. The number of anilines is 1. The third kappa shape index (κ3) is 5.81. The third-order valence-electron chi connectivity index (χ3n) is 4.98. The monoisotopic (exact) mass is 483 g/mol. The van der Waals surface area contributed by atoms with Gasteiger partial charge in [-0.25, -0.2) is 0 Å². The Hall–Kier alpha value is -4.27. The molecule has 0 atom stereocenters. The van der Waals surface area contributed by atoms with Crippen molar-refractivity contribution < 1.29 is 31.9 Å². The van der Waals surface area contributed by atoms with Gasteiger partial charge in [-0.3, -0.25) is 9.59 Å². The molecule has 1 amide bonds. The highest BCUT2D eigenvalue weighted by molar-refractivity contribution is 5.92. The summed E-state index contributed by atoms with van der Waals surface area (Å²) in [7, 11) is 0. The minimum absolute atomic E-state index is 0.00531. The van der Waals surface area contributed by atoms with Crippen LogP contribution in [-0.4, -0.2) is 12.5 Å². The topological polar surface area (TPSA) is 77.8 Å². The van der Waals surface area contributed by atoms with Gasteiger partial charge in [-0.2, -0.15) is 13.2 Å². The molecule has 180 valence electrons. The van der Waals surface area contributed by atoms with Crippen LogP contribution in [0.5, 0.6) is 17.2 Å². The van der Waals surface area contributed by atoms with Crippen LogP contribution in [0.2, 0.25) is 0 Å². The summed E-state index contributed by atoms with van der Waals surface area (Å²) in [5.41, 5.74) is 0.946. The summed E-state index contributed by atoms with van der Waals surface area (Å²) in [4.78, 5) is 24.9. The van der Waals surface area contributed by atoms with Gasteiger partial charge in [0.15, 0.2) is 6.61 Å². The molecule has 0 bridgehead atoms. The van der Waals surface area contributed by atoms with Crippen LogP contribution in [0.25, 0.3) is 11.0 Å². The normalized spacial score (nSPS) is 11.3. The zero-order chi connectivity index (χ0) is 25.2. The van der Waals surface area contributed by atoms with E-state index >= 15 is 0 Å². The van der Waals surface area contributed by atoms with Crippen LogP contribution >= 0.6 is 0 Å². The van der Waals surface area contributed by atoms with E-state index in [0.29, 0.717) is 5.75 Å². The van der Waals surface area contributed by atoms with Crippen molar-refractivity contribution in [2.45, 2.75) is 20.0 Å². The van der Waals surface area contributed by atoms with Gasteiger partial charge in [0.1, 0.15) is 23.3 Å². The lowest BCUT2D eigenvalue weighted by Gasteiger charge is -2.11. The van der Waals surface area contributed by atoms with E-state index in [2.05, 4.69) is 5.32 Å². The van der Waals surface area contributed by atoms with E-state index in [4.69, 9.17) is 13.9 Å². The molecule has 0 fully saturated rings. The number of amides is 1. The maximum absolute atomic E-state index is 12.8. The lowest BCUT2D eigenvalue weighted by molar-refractivity contribution is -0.137. The molecule has 1 heterocycles. The molecule has 0 radical (unpaired) electrons. The number of fused-ring (bicyclic) bond motifs is 1. The molecule has 0 saturated carbocycles. The van der Waals surface area contributed by atoms with Crippen LogP contribution in [0.15, 0.2) is 76.1 Å². The molecule has 1 N–H and O–H groups in total. The van der Waals surface area contributed by atoms with Gasteiger partial charge in [0.2, 0.25) is 11.2 Å². The van der Waals surface area contributed by atoms with Gasteiger partial charge in [0.05, 0.1) is 10.9 Å². The molecule has 4 aromatic rings. The second kappa shape index (κ2) is 9.54. The average Bonchev–Trinajstić information content (AvgIpc) is 2.78. The summed E-state index contributed by atoms with van der Waals surface area (Å²) in [5, 5.41) is 2.61. The quantitative estimate of drug-likeness (QED) is 0.351. The van der Waals surface area contributed by atoms with Crippen molar-refractivity contribution in [3.63, 3.8) is 0 Å². The molecule has 0 spiro atoms. The molecule has 4 rings (SSSR count). The summed E-state index contributed by atoms with van der Waals surface area (Å²) in [6.45, 7) is 3.38. The molecule has 0 aliphatic rings. The molecule has 6 nitrogen and oxygen atoms in total. The summed E-state index contributed by atoms with van der Waals surface area (Å²) < 4.78 is 55.1. The Balaban J connectivity index is 1.44. The van der Waals surface area contributed by atoms with E-state index in [0.717, 1.165) is 23.3 Å². The van der Waals surface area contributed by atoms with Crippen molar-refractivity contribution in [2.24, 2.45) is 0 Å². The molecule has 0 saturated heterocycles. The number of ether oxygens (including phenoxy) is 2. The largest absolute Gasteiger partial charge is 0.484 e. The highest BCUT2D eigenvalue weighted by Gasteiger charge is 2.30. The number of carbonyl (C=O) groups is 1. The Morgan fingerprint density at radius 1 is 0.971 bits per heavy atom. The van der Waals surface area contributed by atoms with Crippen molar-refractivity contribution in [3.05, 3.63) is 93.8 Å². The van der Waals surface area contributed by atoms with Crippen LogP contribution in [0, 0.1) is 13.8 Å². The van der Waals surface area contributed by atoms with Crippen molar-refractivity contribution in [3.8, 4) is 17.2 Å². The summed E-state index contributed by atoms with van der Waals surface area (Å²) in [6, 6.07) is 14.3. The first kappa shape index (κ1) is 23.9. The number of aryl methyl sites for hydroxylation is 2. The minimum atomic E-state index is -4.52. The lowest BCUT2D eigenvalue weighted by atomic mass is 10.1. The van der Waals surface area contributed by atoms with E-state index in [-0.39, 0.29) is 33.6 Å². The van der Waals surface area contributed by atoms with Crippen molar-refractivity contribution in [1.29, 1.82) is 0 Å². The van der Waals surface area contributed by atoms with Crippen LogP contribution in [0.1, 0.15) is 16.7 Å². The van der Waals surface area contributed by atoms with Crippen LogP contribution in [0.4, 0.5) is 18.9 Å². The average molecular weight is 483 g/mol. The highest BCUT2D eigenvalue weighted by atomic mass is 19.4. The fourth-order valence-corrected chi connectivity index (χ4v) is 3.49. The van der Waals surface area contributed by atoms with Gasteiger partial charge < -0.3 is 19.2 Å². The zero-order valence-electron chi connectivity index (χ0n) is 18.7. The molecule has 3 aromatic carbocycles. The van der Waals surface area contributed by atoms with Crippen LogP contribution in [-0.2, 0) is 11.0 Å². The predicted molar refractivity (Wildman–Crippen MR) is 124 cm³/mol. The zero-order valence-corrected chi connectivity index (χ0v) is 18.7. The van der Waals surface area contributed by atoms with E-state index in [1.165, 1.54) is 36.6 Å². The number of halogens is 3. The van der Waals surface area contributed by atoms with Crippen LogP contribution < -0.4 is 20.2 Å². The molecule has 0 aliphatic heterocycles. The first-order chi connectivity index (χ1) is 16.6. The molecule has 1 aromatic heterocycles. The van der Waals surface area contributed by atoms with Gasteiger partial charge in [-0.1, -0.05) is 12.1 Å². The summed E-state index contributed by atoms with van der Waals surface area (Å²) in [6.07, 6.45) is -3.32. The Morgan fingerprint density at radius 2 is 1.71 bits per heavy atom. The lowest BCUT2D eigenvalue weighted by Crippen LogP contribution is -2.20. The number of rotatable bonds is 6. The van der Waals surface area contributed by atoms with E-state index in [1.54, 1.807) is 12.1 Å². The Morgan fingerprint density at radius 3 is 2.43 bits per heavy atom. The number of hydrogen-bond acceptors (Lipinski definition) is 5. The molecular formula is C26H20F3NO5. The second-order valence-corrected chi connectivity index (χ2v) is 7.93. The maximum Gasteiger partial charge on any atom is 0.416 e. The van der Waals surface area contributed by atoms with Gasteiger partial charge >= 0.3 is 6.18 Å². The third-order valence-corrected chi connectivity index (χ3v) is 4.98. The summed E-state index contributed by atoms with van der Waals surface area (Å²) in [5.74, 6) is 0.128. The maximum atomic E-state index is 12.8. The number of hydrogen-bond donors (Lipinski definition) is 1. The van der Waals surface area contributed by atoms with Gasteiger partial charge in [0, 0.05) is 11.8 Å². The Bertz CT molecular complexity index is 1440. The standard InChI is InChI=1S/C26H20F3NO5/c1-15-8-16(2)10-20(9-15)35-23-13-34-22-12-19(6-7-21(22)25(23)32)33-14-24(31)30-18-5-3-4-17(11-18)26(27,28)29/h3-13H,14H2,1-2H3,(H,30,31). The number of benzene rings is 3. The van der Waals surface area contributed by atoms with Crippen molar-refractivity contribution >= 4 is 22.6 Å². The second-order valence-electron chi connectivity index (χ2n) is 7.93. The first-order valence-electron chi connectivity index (χ1n) is 10.5. The van der Waals surface area contributed by atoms with Gasteiger partial charge in [-0.05, 0) is 67.4 Å². The number of carbonyl (C=O) groups excluding carboxylic acids is 1. The number of alkyl halides is 3. The molecule has 0 unspecified atom stereocenters. The van der Waals surface area contributed by atoms with E-state index in [1.807, 2.05) is 19.9 Å². The van der Waals surface area contributed by atoms with Gasteiger partial charge in [0.25, 0.3) is 5.91 Å². The molecule has 0 aliphatic carbocycles. The highest BCUT2D eigenvalue weighted by Crippen LogP contribution is 2.30. The Labute approximate surface area is 197 Å². The predicted octanol–water partition coefficient (Wildman–Crippen LogP) is 6.24. The minimum Gasteiger partial charge on any atom is -0.484 e. The van der Waals surface area contributed by atoms with E-state index in [9.17, 15) is 22.8 Å². The van der Waals surface area contributed by atoms with E-state index < -0.39 is 24.3 Å². The van der Waals surface area contributed by atoms with Gasteiger partial charge in [-0.15, -0.1) is 0 Å². The Kier molecular flexibility index (Phi) is 6.50. The fraction of sp³-hybridized carbons (Fsp3) is 0.154. The molecule has 35 heavy (non-hydrogen) atoms. The first-order valence-corrected chi connectivity index (χ1v) is 10.5. The van der Waals surface area contributed by atoms with Crippen molar-refractivity contribution in [1.82, 2.24) is 0 Å². The number of nitrogens with one attached hydrogen (secondary N) is 1. The van der Waals surface area contributed by atoms with Crippen LogP contribution in [0.3, 0.4) is 0 Å². The fourth-order valence-electron chi connectivity index (χ4n) is 3.49. The summed E-state index contributed by atoms with van der Waals surface area (Å²) >= 11 is 0. The smallest absolute Gasteiger partial charge is 0.416 e. The van der Waals surface area contributed by atoms with Crippen molar-refractivity contribution in [2.75, 3.05) is 11.9 Å².